The second-order valence-electron chi connectivity index (χ2n) is 5.42. The number of aliphatic hydroxyl groups excluding tert-OH is 1. The molecule has 0 amide bonds. The molecule has 0 aliphatic heterocycles. The van der Waals surface area contributed by atoms with Crippen molar-refractivity contribution in [3.8, 4) is 0 Å². The Morgan fingerprint density at radius 1 is 1.16 bits per heavy atom. The number of hydrogen-bond acceptors (Lipinski definition) is 3. The van der Waals surface area contributed by atoms with E-state index >= 15 is 0 Å². The van der Waals surface area contributed by atoms with Crippen molar-refractivity contribution in [1.82, 2.24) is 4.98 Å². The zero-order valence-corrected chi connectivity index (χ0v) is 12.6. The average molecular weight is 275 g/mol. The van der Waals surface area contributed by atoms with Crippen molar-refractivity contribution >= 4 is 11.3 Å². The predicted molar refractivity (Wildman–Crippen MR) is 80.5 cm³/mol. The molecule has 1 unspecified atom stereocenters. The van der Waals surface area contributed by atoms with Gasteiger partial charge in [0.1, 0.15) is 0 Å². The topological polar surface area (TPSA) is 33.1 Å². The van der Waals surface area contributed by atoms with Crippen LogP contribution in [0.15, 0.2) is 29.6 Å². The Labute approximate surface area is 119 Å². The maximum absolute atomic E-state index is 10.2. The van der Waals surface area contributed by atoms with Crippen LogP contribution in [0.1, 0.15) is 41.8 Å². The fourth-order valence-electron chi connectivity index (χ4n) is 2.17. The number of aliphatic hydroxyl groups is 1. The molecule has 0 aliphatic carbocycles. The van der Waals surface area contributed by atoms with Gasteiger partial charge in [-0.3, -0.25) is 0 Å². The predicted octanol–water partition coefficient (Wildman–Crippen LogP) is 3.93. The van der Waals surface area contributed by atoms with Crippen LogP contribution in [-0.2, 0) is 12.8 Å². The summed E-state index contributed by atoms with van der Waals surface area (Å²) in [6.45, 7) is 6.42. The molecule has 2 nitrogen and oxygen atoms in total. The van der Waals surface area contributed by atoms with Crippen molar-refractivity contribution < 1.29 is 5.11 Å². The quantitative estimate of drug-likeness (QED) is 0.897. The molecule has 19 heavy (non-hydrogen) atoms. The van der Waals surface area contributed by atoms with Crippen LogP contribution in [0.25, 0.3) is 0 Å². The van der Waals surface area contributed by atoms with Crippen LogP contribution in [0.5, 0.6) is 0 Å². The van der Waals surface area contributed by atoms with Gasteiger partial charge in [-0.25, -0.2) is 4.98 Å². The summed E-state index contributed by atoms with van der Waals surface area (Å²) >= 11 is 1.63. The molecule has 1 N–H and O–H groups in total. The molecular weight excluding hydrogens is 254 g/mol. The van der Waals surface area contributed by atoms with E-state index in [-0.39, 0.29) is 0 Å². The molecule has 0 fully saturated rings. The molecule has 1 aromatic carbocycles. The summed E-state index contributed by atoms with van der Waals surface area (Å²) in [4.78, 5) is 4.39. The summed E-state index contributed by atoms with van der Waals surface area (Å²) in [6.07, 6.45) is 1.21. The third kappa shape index (κ3) is 4.15. The van der Waals surface area contributed by atoms with E-state index in [1.807, 2.05) is 24.4 Å². The monoisotopic (exact) mass is 275 g/mol. The second kappa shape index (κ2) is 6.31. The lowest BCUT2D eigenvalue weighted by molar-refractivity contribution is 0.177. The molecule has 2 aromatic rings. The minimum Gasteiger partial charge on any atom is -0.388 e. The van der Waals surface area contributed by atoms with Crippen molar-refractivity contribution in [2.24, 2.45) is 5.92 Å². The maximum Gasteiger partial charge on any atom is 0.0897 e. The highest BCUT2D eigenvalue weighted by Gasteiger charge is 2.10. The van der Waals surface area contributed by atoms with Gasteiger partial charge in [-0.05, 0) is 30.4 Å². The molecule has 1 aromatic heterocycles. The third-order valence-corrected chi connectivity index (χ3v) is 3.90. The molecule has 0 bridgehead atoms. The first-order chi connectivity index (χ1) is 9.04. The minimum absolute atomic E-state index is 0.463. The molecular formula is C16H21NOS. The molecule has 0 saturated heterocycles. The molecule has 3 heteroatoms. The number of aromatic nitrogens is 1. The SMILES string of the molecule is Cc1nc(CC(O)c2ccc(CC(C)C)cc2)cs1. The maximum atomic E-state index is 10.2. The smallest absolute Gasteiger partial charge is 0.0897 e. The summed E-state index contributed by atoms with van der Waals surface area (Å²) in [6, 6.07) is 8.29. The third-order valence-electron chi connectivity index (χ3n) is 3.08. The first-order valence-corrected chi connectivity index (χ1v) is 7.60. The van der Waals surface area contributed by atoms with Gasteiger partial charge in [-0.2, -0.15) is 0 Å². The van der Waals surface area contributed by atoms with Crippen LogP contribution in [0.4, 0.5) is 0 Å². The summed E-state index contributed by atoms with van der Waals surface area (Å²) < 4.78 is 0. The van der Waals surface area contributed by atoms with Crippen LogP contribution in [0.2, 0.25) is 0 Å². The van der Waals surface area contributed by atoms with Gasteiger partial charge >= 0.3 is 0 Å². The molecule has 0 spiro atoms. The first kappa shape index (κ1) is 14.2. The van der Waals surface area contributed by atoms with E-state index in [0.29, 0.717) is 12.3 Å². The largest absolute Gasteiger partial charge is 0.388 e. The number of aryl methyl sites for hydroxylation is 1. The van der Waals surface area contributed by atoms with E-state index in [4.69, 9.17) is 0 Å². The average Bonchev–Trinajstić information content (AvgIpc) is 2.75. The van der Waals surface area contributed by atoms with Gasteiger partial charge in [0.25, 0.3) is 0 Å². The standard InChI is InChI=1S/C16H21NOS/c1-11(2)8-13-4-6-14(7-5-13)16(18)9-15-10-19-12(3)17-15/h4-7,10-11,16,18H,8-9H2,1-3H3. The highest BCUT2D eigenvalue weighted by Crippen LogP contribution is 2.20. The Morgan fingerprint density at radius 2 is 1.84 bits per heavy atom. The Balaban J connectivity index is 2.01. The molecule has 0 radical (unpaired) electrons. The van der Waals surface area contributed by atoms with E-state index in [9.17, 15) is 5.11 Å². The van der Waals surface area contributed by atoms with Gasteiger partial charge in [0, 0.05) is 11.8 Å². The lowest BCUT2D eigenvalue weighted by Gasteiger charge is -2.11. The number of rotatable bonds is 5. The zero-order chi connectivity index (χ0) is 13.8. The van der Waals surface area contributed by atoms with Gasteiger partial charge in [-0.1, -0.05) is 38.1 Å². The van der Waals surface area contributed by atoms with Crippen LogP contribution in [0, 0.1) is 12.8 Å². The fourth-order valence-corrected chi connectivity index (χ4v) is 2.79. The minimum atomic E-state index is -0.463. The fraction of sp³-hybridized carbons (Fsp3) is 0.438. The lowest BCUT2D eigenvalue weighted by atomic mass is 9.99. The number of nitrogens with zero attached hydrogens (tertiary/aromatic N) is 1. The molecule has 0 aliphatic rings. The summed E-state index contributed by atoms with van der Waals surface area (Å²) in [5.74, 6) is 0.661. The van der Waals surface area contributed by atoms with Crippen LogP contribution < -0.4 is 0 Å². The normalized spacial score (nSPS) is 12.9. The molecule has 2 rings (SSSR count). The van der Waals surface area contributed by atoms with Crippen LogP contribution >= 0.6 is 11.3 Å². The van der Waals surface area contributed by atoms with Crippen LogP contribution in [0.3, 0.4) is 0 Å². The Kier molecular flexibility index (Phi) is 4.72. The summed E-state index contributed by atoms with van der Waals surface area (Å²) in [5.41, 5.74) is 3.27. The number of benzene rings is 1. The molecule has 1 atom stereocenters. The van der Waals surface area contributed by atoms with Crippen molar-refractivity contribution in [1.29, 1.82) is 0 Å². The summed E-state index contributed by atoms with van der Waals surface area (Å²) in [7, 11) is 0. The number of hydrogen-bond donors (Lipinski definition) is 1. The lowest BCUT2D eigenvalue weighted by Crippen LogP contribution is -2.03. The highest BCUT2D eigenvalue weighted by molar-refractivity contribution is 7.09. The molecule has 0 saturated carbocycles. The van der Waals surface area contributed by atoms with Crippen molar-refractivity contribution in [3.63, 3.8) is 0 Å². The van der Waals surface area contributed by atoms with E-state index in [1.165, 1.54) is 5.56 Å². The highest BCUT2D eigenvalue weighted by atomic mass is 32.1. The van der Waals surface area contributed by atoms with Gasteiger partial charge < -0.3 is 5.11 Å². The van der Waals surface area contributed by atoms with Crippen molar-refractivity contribution in [3.05, 3.63) is 51.5 Å². The van der Waals surface area contributed by atoms with E-state index < -0.39 is 6.10 Å². The Morgan fingerprint density at radius 3 is 2.37 bits per heavy atom. The first-order valence-electron chi connectivity index (χ1n) is 6.72. The Hall–Kier alpha value is -1.19. The van der Waals surface area contributed by atoms with E-state index in [1.54, 1.807) is 11.3 Å². The second-order valence-corrected chi connectivity index (χ2v) is 6.48. The summed E-state index contributed by atoms with van der Waals surface area (Å²) in [5, 5.41) is 13.3. The van der Waals surface area contributed by atoms with Gasteiger partial charge in [0.2, 0.25) is 0 Å². The zero-order valence-electron chi connectivity index (χ0n) is 11.8. The van der Waals surface area contributed by atoms with Crippen molar-refractivity contribution in [2.75, 3.05) is 0 Å². The van der Waals surface area contributed by atoms with Crippen LogP contribution in [-0.4, -0.2) is 10.1 Å². The van der Waals surface area contributed by atoms with E-state index in [2.05, 4.69) is 31.0 Å². The Bertz CT molecular complexity index is 516. The van der Waals surface area contributed by atoms with Gasteiger partial charge in [-0.15, -0.1) is 11.3 Å². The van der Waals surface area contributed by atoms with E-state index in [0.717, 1.165) is 22.7 Å². The van der Waals surface area contributed by atoms with Crippen molar-refractivity contribution in [2.45, 2.75) is 39.7 Å². The van der Waals surface area contributed by atoms with Gasteiger partial charge in [0.15, 0.2) is 0 Å². The molecule has 102 valence electrons. The van der Waals surface area contributed by atoms with Gasteiger partial charge in [0.05, 0.1) is 16.8 Å². The number of thiazole rings is 1. The molecule has 1 heterocycles.